The van der Waals surface area contributed by atoms with E-state index in [4.69, 9.17) is 5.11 Å². The van der Waals surface area contributed by atoms with E-state index >= 15 is 0 Å². The number of hydrogen-bond acceptors (Lipinski definition) is 5. The summed E-state index contributed by atoms with van der Waals surface area (Å²) in [6, 6.07) is 29.4. The maximum atomic E-state index is 10.0. The Morgan fingerprint density at radius 3 is 2.11 bits per heavy atom. The van der Waals surface area contributed by atoms with Crippen molar-refractivity contribution in [1.82, 2.24) is 4.98 Å². The van der Waals surface area contributed by atoms with E-state index in [2.05, 4.69) is 71.7 Å². The molecule has 0 bridgehead atoms. The van der Waals surface area contributed by atoms with Crippen LogP contribution in [-0.2, 0) is 24.9 Å². The molecule has 0 saturated carbocycles. The van der Waals surface area contributed by atoms with Crippen LogP contribution in [0.25, 0.3) is 11.3 Å². The van der Waals surface area contributed by atoms with Gasteiger partial charge in [-0.3, -0.25) is 4.79 Å². The Morgan fingerprint density at radius 2 is 1.54 bits per heavy atom. The van der Waals surface area contributed by atoms with Crippen LogP contribution in [0.3, 0.4) is 0 Å². The summed E-state index contributed by atoms with van der Waals surface area (Å²) < 4.78 is 0. The molecule has 4 aromatic rings. The Kier molecular flexibility index (Phi) is 8.03. The maximum Gasteiger partial charge on any atom is 0.227 e. The van der Waals surface area contributed by atoms with Gasteiger partial charge in [0.2, 0.25) is 6.71 Å². The second-order valence-electron chi connectivity index (χ2n) is 8.09. The summed E-state index contributed by atoms with van der Waals surface area (Å²) in [5.41, 5.74) is 6.33. The number of fused-ring (bicyclic) bond motifs is 4. The molecule has 175 valence electrons. The number of carbonyl (C=O) groups is 1. The third-order valence-electron chi connectivity index (χ3n) is 5.60. The van der Waals surface area contributed by atoms with Gasteiger partial charge in [0.15, 0.2) is 5.78 Å². The number of pyridine rings is 1. The molecule has 0 aliphatic carbocycles. The topological polar surface area (TPSA) is 50.2 Å². The van der Waals surface area contributed by atoms with Gasteiger partial charge in [0.05, 0.1) is 5.76 Å². The van der Waals surface area contributed by atoms with Gasteiger partial charge in [-0.15, -0.1) is 46.7 Å². The number of carbonyl (C=O) groups excluding carboxylic acids is 1. The molecular weight excluding hydrogens is 649 g/mol. The summed E-state index contributed by atoms with van der Waals surface area (Å²) in [5.74, 6) is -0.0625. The molecule has 1 N–H and O–H groups in total. The smallest absolute Gasteiger partial charge is 0.227 e. The van der Waals surface area contributed by atoms with Crippen LogP contribution in [0.2, 0.25) is 0 Å². The molecule has 0 atom stereocenters. The van der Waals surface area contributed by atoms with Gasteiger partial charge in [-0.2, -0.15) is 0 Å². The molecule has 2 aliphatic heterocycles. The Bertz CT molecular complexity index is 1410. The minimum atomic E-state index is -0.125. The van der Waals surface area contributed by atoms with E-state index in [1.54, 1.807) is 0 Å². The van der Waals surface area contributed by atoms with Crippen LogP contribution >= 0.6 is 23.5 Å². The number of benzene rings is 3. The predicted molar refractivity (Wildman–Crippen MR) is 141 cm³/mol. The molecule has 2 aliphatic rings. The first-order valence-corrected chi connectivity index (χ1v) is 12.6. The number of hydrogen-bond donors (Lipinski definition) is 1. The van der Waals surface area contributed by atoms with Gasteiger partial charge in [-0.1, -0.05) is 69.2 Å². The van der Waals surface area contributed by atoms with Crippen LogP contribution in [0.1, 0.15) is 13.8 Å². The van der Waals surface area contributed by atoms with Crippen LogP contribution in [0.5, 0.6) is 0 Å². The van der Waals surface area contributed by atoms with Crippen LogP contribution in [0.15, 0.2) is 110 Å². The Balaban J connectivity index is 0.000000320. The first-order valence-electron chi connectivity index (χ1n) is 10.9. The number of aliphatic hydroxyl groups excluding tert-OH is 1. The molecule has 6 rings (SSSR count). The van der Waals surface area contributed by atoms with Gasteiger partial charge in [0.1, 0.15) is 0 Å². The molecule has 3 heterocycles. The number of aliphatic hydroxyl groups is 1. The average molecular weight is 671 g/mol. The maximum absolute atomic E-state index is 10.0. The van der Waals surface area contributed by atoms with Crippen LogP contribution in [0, 0.1) is 6.07 Å². The molecule has 7 heteroatoms. The summed E-state index contributed by atoms with van der Waals surface area (Å²) in [6.45, 7) is 3.13. The van der Waals surface area contributed by atoms with Crippen molar-refractivity contribution in [1.29, 1.82) is 0 Å². The summed E-state index contributed by atoms with van der Waals surface area (Å²) in [4.78, 5) is 19.9. The van der Waals surface area contributed by atoms with Gasteiger partial charge in [-0.25, -0.2) is 0 Å². The third-order valence-corrected chi connectivity index (χ3v) is 7.97. The molecule has 0 spiro atoms. The SMILES string of the molecule is CC(=O)/C=C(/C)O.[Ir].[c-]1cc2c3c(c1-c1ccccn1)Sc1ccccc1B3c1ccccc1S2. The van der Waals surface area contributed by atoms with Crippen molar-refractivity contribution in [2.75, 3.05) is 0 Å². The number of rotatable bonds is 2. The van der Waals surface area contributed by atoms with Gasteiger partial charge >= 0.3 is 0 Å². The number of allylic oxidation sites excluding steroid dienone is 2. The van der Waals surface area contributed by atoms with E-state index in [-0.39, 0.29) is 38.4 Å². The fourth-order valence-electron chi connectivity index (χ4n) is 4.32. The van der Waals surface area contributed by atoms with E-state index in [9.17, 15) is 4.79 Å². The Hall–Kier alpha value is -2.57. The molecule has 0 saturated heterocycles. The van der Waals surface area contributed by atoms with E-state index in [0.29, 0.717) is 0 Å². The first-order chi connectivity index (χ1) is 16.5. The number of ketones is 1. The predicted octanol–water partition coefficient (Wildman–Crippen LogP) is 5.03. The van der Waals surface area contributed by atoms with Gasteiger partial charge < -0.3 is 10.1 Å². The van der Waals surface area contributed by atoms with Crippen molar-refractivity contribution in [3.05, 3.63) is 96.9 Å². The summed E-state index contributed by atoms with van der Waals surface area (Å²) >= 11 is 3.72. The molecule has 1 aromatic heterocycles. The van der Waals surface area contributed by atoms with Crippen molar-refractivity contribution >= 4 is 52.4 Å². The number of aromatic nitrogens is 1. The van der Waals surface area contributed by atoms with Crippen molar-refractivity contribution < 1.29 is 30.0 Å². The van der Waals surface area contributed by atoms with Crippen molar-refractivity contribution in [2.24, 2.45) is 0 Å². The minimum Gasteiger partial charge on any atom is -0.512 e. The molecule has 1 radical (unpaired) electrons. The van der Waals surface area contributed by atoms with E-state index in [0.717, 1.165) is 11.3 Å². The van der Waals surface area contributed by atoms with Gasteiger partial charge in [0.25, 0.3) is 0 Å². The van der Waals surface area contributed by atoms with Crippen molar-refractivity contribution in [3.8, 4) is 11.3 Å². The fraction of sp³-hybridized carbons (Fsp3) is 0.0714. The third kappa shape index (κ3) is 5.19. The molecule has 0 amide bonds. The molecule has 3 aromatic carbocycles. The summed E-state index contributed by atoms with van der Waals surface area (Å²) in [6.07, 6.45) is 3.03. The largest absolute Gasteiger partial charge is 0.512 e. The molecule has 0 unspecified atom stereocenters. The molecular formula is C28H21BIrNO2S2-. The summed E-state index contributed by atoms with van der Waals surface area (Å²) in [7, 11) is 0. The van der Waals surface area contributed by atoms with E-state index in [1.807, 2.05) is 41.9 Å². The normalized spacial score (nSPS) is 12.7. The van der Waals surface area contributed by atoms with Crippen molar-refractivity contribution in [2.45, 2.75) is 33.4 Å². The minimum absolute atomic E-state index is 0. The Labute approximate surface area is 227 Å². The average Bonchev–Trinajstić information content (AvgIpc) is 2.84. The summed E-state index contributed by atoms with van der Waals surface area (Å²) in [5, 5.41) is 8.36. The van der Waals surface area contributed by atoms with Gasteiger partial charge in [0, 0.05) is 32.4 Å². The second kappa shape index (κ2) is 11.0. The zero-order valence-electron chi connectivity index (χ0n) is 19.1. The first kappa shape index (κ1) is 25.5. The monoisotopic (exact) mass is 671 g/mol. The van der Waals surface area contributed by atoms with Crippen LogP contribution in [-0.4, -0.2) is 22.6 Å². The van der Waals surface area contributed by atoms with Crippen LogP contribution in [0.4, 0.5) is 0 Å². The fourth-order valence-corrected chi connectivity index (χ4v) is 6.79. The van der Waals surface area contributed by atoms with E-state index < -0.39 is 0 Å². The molecule has 35 heavy (non-hydrogen) atoms. The number of nitrogens with zero attached hydrogens (tertiary/aromatic N) is 1. The Morgan fingerprint density at radius 1 is 0.914 bits per heavy atom. The quantitative estimate of drug-likeness (QED) is 0.121. The standard InChI is InChI=1S/C23H13BNS2.C5H8O2.Ir/c1-3-10-19-16(7-1)24-17-8-2-4-11-20(17)27-23-15(18-9-5-6-14-25-18)12-13-21(26-19)22(23)24;1-4(6)3-5(2)7;/h1-11,13-14H;3,6H,1-2H3;/q-1;;/b;4-3-;. The van der Waals surface area contributed by atoms with Crippen LogP contribution < -0.4 is 16.4 Å². The zero-order valence-corrected chi connectivity index (χ0v) is 23.1. The second-order valence-corrected chi connectivity index (χ2v) is 10.2. The molecule has 0 fully saturated rings. The van der Waals surface area contributed by atoms with Crippen molar-refractivity contribution in [3.63, 3.8) is 0 Å². The zero-order chi connectivity index (χ0) is 23.7. The van der Waals surface area contributed by atoms with Gasteiger partial charge in [-0.05, 0) is 47.5 Å². The van der Waals surface area contributed by atoms with E-state index in [1.165, 1.54) is 55.9 Å². The molecule has 3 nitrogen and oxygen atoms in total.